The standard InChI is InChI=1S/C25H33N3O4S/c1-18(19-4-5-19)32-25(29)28-14-12-23(13-15-28)27(2)17-22-9-6-21(16-26-22)20-7-10-24(11-8-20)33(3,30)31/h6-11,16,18-19,23H,4-5,12-15,17H2,1-3H3. The number of likely N-dealkylation sites (tertiary alicyclic amines) is 1. The summed E-state index contributed by atoms with van der Waals surface area (Å²) in [6.45, 7) is 4.18. The van der Waals surface area contributed by atoms with Gasteiger partial charge in [-0.25, -0.2) is 13.2 Å². The van der Waals surface area contributed by atoms with E-state index in [2.05, 4.69) is 16.9 Å². The fraction of sp³-hybridized carbons (Fsp3) is 0.520. The fourth-order valence-electron chi connectivity index (χ4n) is 4.35. The van der Waals surface area contributed by atoms with E-state index in [1.165, 1.54) is 19.1 Å². The number of piperidine rings is 1. The van der Waals surface area contributed by atoms with E-state index in [4.69, 9.17) is 4.74 Å². The van der Waals surface area contributed by atoms with Crippen molar-refractivity contribution in [2.75, 3.05) is 26.4 Å². The normalized spacial score (nSPS) is 18.4. The largest absolute Gasteiger partial charge is 0.446 e. The molecule has 2 fully saturated rings. The SMILES string of the molecule is CC(OC(=O)N1CCC(N(C)Cc2ccc(-c3ccc(S(C)(=O)=O)cc3)cn2)CC1)C1CC1. The van der Waals surface area contributed by atoms with E-state index in [1.54, 1.807) is 12.1 Å². The Morgan fingerprint density at radius 1 is 1.09 bits per heavy atom. The number of nitrogens with zero attached hydrogens (tertiary/aromatic N) is 3. The Hall–Kier alpha value is -2.45. The van der Waals surface area contributed by atoms with Crippen LogP contribution in [0.15, 0.2) is 47.5 Å². The maximum Gasteiger partial charge on any atom is 0.410 e. The number of aromatic nitrogens is 1. The molecule has 8 heteroatoms. The lowest BCUT2D eigenvalue weighted by Crippen LogP contribution is -2.46. The van der Waals surface area contributed by atoms with Crippen LogP contribution in [-0.4, -0.2) is 67.8 Å². The fourth-order valence-corrected chi connectivity index (χ4v) is 4.98. The molecule has 0 N–H and O–H groups in total. The summed E-state index contributed by atoms with van der Waals surface area (Å²) in [6.07, 6.45) is 7.10. The number of ether oxygens (including phenoxy) is 1. The molecule has 1 aromatic carbocycles. The maximum absolute atomic E-state index is 12.4. The molecule has 1 saturated heterocycles. The van der Waals surface area contributed by atoms with Crippen LogP contribution >= 0.6 is 0 Å². The number of hydrogen-bond acceptors (Lipinski definition) is 6. The van der Waals surface area contributed by atoms with Gasteiger partial charge in [0.15, 0.2) is 9.84 Å². The van der Waals surface area contributed by atoms with E-state index >= 15 is 0 Å². The third kappa shape index (κ3) is 6.12. The zero-order valence-corrected chi connectivity index (χ0v) is 20.4. The van der Waals surface area contributed by atoms with Crippen molar-refractivity contribution in [1.82, 2.24) is 14.8 Å². The van der Waals surface area contributed by atoms with Crippen molar-refractivity contribution in [2.45, 2.75) is 56.2 Å². The molecule has 0 radical (unpaired) electrons. The lowest BCUT2D eigenvalue weighted by molar-refractivity contribution is 0.0455. The van der Waals surface area contributed by atoms with E-state index in [-0.39, 0.29) is 12.2 Å². The van der Waals surface area contributed by atoms with Crippen molar-refractivity contribution < 1.29 is 17.9 Å². The minimum atomic E-state index is -3.20. The molecule has 2 heterocycles. The highest BCUT2D eigenvalue weighted by atomic mass is 32.2. The van der Waals surface area contributed by atoms with Crippen LogP contribution in [0.1, 0.15) is 38.3 Å². The number of benzene rings is 1. The molecule has 2 aliphatic rings. The molecule has 0 spiro atoms. The van der Waals surface area contributed by atoms with Crippen LogP contribution in [0.5, 0.6) is 0 Å². The minimum Gasteiger partial charge on any atom is -0.446 e. The van der Waals surface area contributed by atoms with Gasteiger partial charge in [-0.1, -0.05) is 18.2 Å². The Kier molecular flexibility index (Phi) is 7.05. The van der Waals surface area contributed by atoms with E-state index < -0.39 is 9.84 Å². The van der Waals surface area contributed by atoms with Crippen LogP contribution in [0.25, 0.3) is 11.1 Å². The Morgan fingerprint density at radius 3 is 2.27 bits per heavy atom. The number of carbonyl (C=O) groups excluding carboxylic acids is 1. The van der Waals surface area contributed by atoms with Crippen LogP contribution in [0.4, 0.5) is 4.79 Å². The first-order chi connectivity index (χ1) is 15.7. The third-order valence-electron chi connectivity index (χ3n) is 6.77. The van der Waals surface area contributed by atoms with Crippen molar-refractivity contribution in [2.24, 2.45) is 5.92 Å². The Balaban J connectivity index is 1.27. The molecule has 178 valence electrons. The molecule has 1 unspecified atom stereocenters. The molecule has 1 aliphatic carbocycles. The van der Waals surface area contributed by atoms with Crippen molar-refractivity contribution in [3.63, 3.8) is 0 Å². The third-order valence-corrected chi connectivity index (χ3v) is 7.90. The van der Waals surface area contributed by atoms with Gasteiger partial charge >= 0.3 is 6.09 Å². The summed E-state index contributed by atoms with van der Waals surface area (Å²) in [6, 6.07) is 11.3. The maximum atomic E-state index is 12.4. The summed E-state index contributed by atoms with van der Waals surface area (Å²) in [5.74, 6) is 0.559. The van der Waals surface area contributed by atoms with Crippen molar-refractivity contribution in [3.05, 3.63) is 48.3 Å². The molecule has 1 aliphatic heterocycles. The van der Waals surface area contributed by atoms with Crippen molar-refractivity contribution >= 4 is 15.9 Å². The molecule has 33 heavy (non-hydrogen) atoms. The van der Waals surface area contributed by atoms with Crippen LogP contribution in [0.3, 0.4) is 0 Å². The summed E-state index contributed by atoms with van der Waals surface area (Å²) in [5.41, 5.74) is 2.87. The van der Waals surface area contributed by atoms with Gasteiger partial charge in [-0.3, -0.25) is 9.88 Å². The van der Waals surface area contributed by atoms with Crippen LogP contribution in [0, 0.1) is 5.92 Å². The minimum absolute atomic E-state index is 0.0320. The Bertz CT molecular complexity index is 1060. The topological polar surface area (TPSA) is 79.8 Å². The average molecular weight is 472 g/mol. The van der Waals surface area contributed by atoms with E-state index in [1.807, 2.05) is 42.3 Å². The highest BCUT2D eigenvalue weighted by molar-refractivity contribution is 7.90. The summed E-state index contributed by atoms with van der Waals surface area (Å²) in [5, 5.41) is 0. The molecule has 2 aromatic rings. The van der Waals surface area contributed by atoms with E-state index in [0.717, 1.165) is 49.3 Å². The molecule has 4 rings (SSSR count). The van der Waals surface area contributed by atoms with Crippen LogP contribution < -0.4 is 0 Å². The van der Waals surface area contributed by atoms with Gasteiger partial charge in [0.05, 0.1) is 10.6 Å². The van der Waals surface area contributed by atoms with Gasteiger partial charge in [-0.05, 0) is 69.3 Å². The first kappa shape index (κ1) is 23.7. The van der Waals surface area contributed by atoms with Crippen molar-refractivity contribution in [3.8, 4) is 11.1 Å². The monoisotopic (exact) mass is 471 g/mol. The lowest BCUT2D eigenvalue weighted by atomic mass is 10.0. The van der Waals surface area contributed by atoms with Gasteiger partial charge in [-0.2, -0.15) is 0 Å². The van der Waals surface area contributed by atoms with Gasteiger partial charge in [0.1, 0.15) is 6.10 Å². The smallest absolute Gasteiger partial charge is 0.410 e. The van der Waals surface area contributed by atoms with Gasteiger partial charge in [0.25, 0.3) is 0 Å². The Morgan fingerprint density at radius 2 is 1.73 bits per heavy atom. The van der Waals surface area contributed by atoms with Crippen LogP contribution in [0.2, 0.25) is 0 Å². The molecular formula is C25H33N3O4S. The summed E-state index contributed by atoms with van der Waals surface area (Å²) >= 11 is 0. The van der Waals surface area contributed by atoms with E-state index in [9.17, 15) is 13.2 Å². The first-order valence-electron chi connectivity index (χ1n) is 11.6. The number of hydrogen-bond donors (Lipinski definition) is 0. The predicted octanol–water partition coefficient (Wildman–Crippen LogP) is 3.98. The molecule has 1 saturated carbocycles. The summed E-state index contributed by atoms with van der Waals surface area (Å²) in [7, 11) is -1.09. The number of amides is 1. The second-order valence-corrected chi connectivity index (χ2v) is 11.4. The molecule has 1 amide bonds. The second kappa shape index (κ2) is 9.81. The second-order valence-electron chi connectivity index (χ2n) is 9.39. The van der Waals surface area contributed by atoms with Gasteiger partial charge in [0.2, 0.25) is 0 Å². The number of pyridine rings is 1. The van der Waals surface area contributed by atoms with Crippen LogP contribution in [-0.2, 0) is 21.1 Å². The molecule has 7 nitrogen and oxygen atoms in total. The van der Waals surface area contributed by atoms with Gasteiger partial charge in [-0.15, -0.1) is 0 Å². The van der Waals surface area contributed by atoms with Crippen molar-refractivity contribution in [1.29, 1.82) is 0 Å². The predicted molar refractivity (Wildman–Crippen MR) is 128 cm³/mol. The number of sulfone groups is 1. The first-order valence-corrected chi connectivity index (χ1v) is 13.5. The lowest BCUT2D eigenvalue weighted by Gasteiger charge is -2.36. The highest BCUT2D eigenvalue weighted by Gasteiger charge is 2.33. The van der Waals surface area contributed by atoms with Gasteiger partial charge in [0, 0.05) is 43.7 Å². The van der Waals surface area contributed by atoms with E-state index in [0.29, 0.717) is 16.9 Å². The molecule has 0 bridgehead atoms. The zero-order chi connectivity index (χ0) is 23.6. The number of carbonyl (C=O) groups is 1. The Labute approximate surface area is 196 Å². The summed E-state index contributed by atoms with van der Waals surface area (Å²) < 4.78 is 28.9. The summed E-state index contributed by atoms with van der Waals surface area (Å²) in [4.78, 5) is 21.4. The number of rotatable bonds is 7. The molecular weight excluding hydrogens is 438 g/mol. The molecule has 1 aromatic heterocycles. The highest BCUT2D eigenvalue weighted by Crippen LogP contribution is 2.34. The average Bonchev–Trinajstić information content (AvgIpc) is 3.65. The van der Waals surface area contributed by atoms with Gasteiger partial charge < -0.3 is 9.64 Å². The molecule has 1 atom stereocenters. The zero-order valence-electron chi connectivity index (χ0n) is 19.6. The quantitative estimate of drug-likeness (QED) is 0.608.